The fourth-order valence-electron chi connectivity index (χ4n) is 4.17. The Balaban J connectivity index is 1.86. The average Bonchev–Trinajstić information content (AvgIpc) is 2.94. The van der Waals surface area contributed by atoms with E-state index in [1.165, 1.54) is 24.8 Å². The minimum atomic E-state index is 0.658. The maximum atomic E-state index is 6.74. The Labute approximate surface area is 158 Å². The van der Waals surface area contributed by atoms with Gasteiger partial charge in [-0.3, -0.25) is 0 Å². The van der Waals surface area contributed by atoms with E-state index in [1.54, 1.807) is 0 Å². The Hall–Kier alpha value is -3.07. The lowest BCUT2D eigenvalue weighted by molar-refractivity contribution is 0.616. The first kappa shape index (κ1) is 16.1. The first-order chi connectivity index (χ1) is 13.3. The van der Waals surface area contributed by atoms with Gasteiger partial charge in [0.05, 0.1) is 11.1 Å². The van der Waals surface area contributed by atoms with Crippen LogP contribution in [0.3, 0.4) is 0 Å². The molecule has 5 rings (SSSR count). The van der Waals surface area contributed by atoms with Crippen molar-refractivity contribution in [2.75, 3.05) is 5.73 Å². The SMILES string of the molecule is Nc1c2c(nc3oc(-c4ccccc4)c(-c4ccccc4)c13)CCCCC2. The van der Waals surface area contributed by atoms with Crippen molar-refractivity contribution in [1.82, 2.24) is 4.98 Å². The van der Waals surface area contributed by atoms with Crippen molar-refractivity contribution in [1.29, 1.82) is 0 Å². The molecular formula is C24H22N2O. The molecule has 27 heavy (non-hydrogen) atoms. The van der Waals surface area contributed by atoms with Gasteiger partial charge in [0, 0.05) is 16.8 Å². The normalized spacial score (nSPS) is 14.1. The van der Waals surface area contributed by atoms with Gasteiger partial charge in [0.25, 0.3) is 0 Å². The van der Waals surface area contributed by atoms with Crippen LogP contribution in [0.4, 0.5) is 5.69 Å². The van der Waals surface area contributed by atoms with Gasteiger partial charge in [-0.25, -0.2) is 4.98 Å². The molecule has 2 aromatic heterocycles. The number of fused-ring (bicyclic) bond motifs is 2. The molecule has 0 radical (unpaired) electrons. The van der Waals surface area contributed by atoms with Crippen molar-refractivity contribution in [3.05, 3.63) is 71.9 Å². The molecule has 0 aliphatic heterocycles. The number of benzene rings is 2. The van der Waals surface area contributed by atoms with Crippen molar-refractivity contribution in [3.8, 4) is 22.5 Å². The predicted octanol–water partition coefficient (Wildman–Crippen LogP) is 6.01. The number of aromatic nitrogens is 1. The maximum absolute atomic E-state index is 6.74. The number of furan rings is 1. The van der Waals surface area contributed by atoms with Crippen LogP contribution in [-0.2, 0) is 12.8 Å². The van der Waals surface area contributed by atoms with E-state index in [4.69, 9.17) is 15.1 Å². The molecule has 0 atom stereocenters. The zero-order chi connectivity index (χ0) is 18.2. The second-order valence-electron chi connectivity index (χ2n) is 7.23. The van der Waals surface area contributed by atoms with Crippen molar-refractivity contribution >= 4 is 16.8 Å². The topological polar surface area (TPSA) is 52.0 Å². The summed E-state index contributed by atoms with van der Waals surface area (Å²) in [6.45, 7) is 0. The summed E-state index contributed by atoms with van der Waals surface area (Å²) in [5.74, 6) is 0.844. The molecule has 0 saturated heterocycles. The molecule has 0 spiro atoms. The number of hydrogen-bond donors (Lipinski definition) is 1. The van der Waals surface area contributed by atoms with Crippen LogP contribution < -0.4 is 5.73 Å². The maximum Gasteiger partial charge on any atom is 0.229 e. The number of pyridine rings is 1. The molecule has 3 heteroatoms. The quantitative estimate of drug-likeness (QED) is 0.448. The molecular weight excluding hydrogens is 332 g/mol. The molecule has 1 aliphatic rings. The number of anilines is 1. The van der Waals surface area contributed by atoms with Gasteiger partial charge in [0.15, 0.2) is 0 Å². The van der Waals surface area contributed by atoms with Crippen LogP contribution in [0.2, 0.25) is 0 Å². The second-order valence-corrected chi connectivity index (χ2v) is 7.23. The summed E-state index contributed by atoms with van der Waals surface area (Å²) in [6.07, 6.45) is 5.57. The van der Waals surface area contributed by atoms with Crippen LogP contribution in [0, 0.1) is 0 Å². The third-order valence-corrected chi connectivity index (χ3v) is 5.51. The van der Waals surface area contributed by atoms with Crippen molar-refractivity contribution in [2.24, 2.45) is 0 Å². The van der Waals surface area contributed by atoms with Gasteiger partial charge in [-0.1, -0.05) is 67.1 Å². The minimum absolute atomic E-state index is 0.658. The molecule has 2 heterocycles. The molecule has 3 nitrogen and oxygen atoms in total. The predicted molar refractivity (Wildman–Crippen MR) is 111 cm³/mol. The van der Waals surface area contributed by atoms with E-state index < -0.39 is 0 Å². The summed E-state index contributed by atoms with van der Waals surface area (Å²) >= 11 is 0. The lowest BCUT2D eigenvalue weighted by atomic mass is 9.96. The van der Waals surface area contributed by atoms with Crippen LogP contribution >= 0.6 is 0 Å². The highest BCUT2D eigenvalue weighted by Gasteiger charge is 2.24. The van der Waals surface area contributed by atoms with Gasteiger partial charge in [-0.2, -0.15) is 0 Å². The standard InChI is InChI=1S/C24H22N2O/c25-22-18-14-8-3-9-15-19(18)26-24-21(22)20(16-10-4-1-5-11-16)23(27-24)17-12-6-2-7-13-17/h1-2,4-7,10-13H,3,8-9,14-15H2,(H2,25,26). The van der Waals surface area contributed by atoms with E-state index >= 15 is 0 Å². The van der Waals surface area contributed by atoms with Crippen LogP contribution in [0.5, 0.6) is 0 Å². The monoisotopic (exact) mass is 354 g/mol. The molecule has 4 aromatic rings. The van der Waals surface area contributed by atoms with E-state index in [-0.39, 0.29) is 0 Å². The zero-order valence-corrected chi connectivity index (χ0v) is 15.2. The van der Waals surface area contributed by atoms with E-state index in [0.717, 1.165) is 52.1 Å². The molecule has 134 valence electrons. The van der Waals surface area contributed by atoms with Gasteiger partial charge in [0.2, 0.25) is 5.71 Å². The van der Waals surface area contributed by atoms with Gasteiger partial charge in [-0.05, 0) is 36.8 Å². The molecule has 0 unspecified atom stereocenters. The Bertz CT molecular complexity index is 1100. The summed E-state index contributed by atoms with van der Waals surface area (Å²) in [4.78, 5) is 4.92. The summed E-state index contributed by atoms with van der Waals surface area (Å²) in [6, 6.07) is 20.6. The van der Waals surface area contributed by atoms with Gasteiger partial charge in [-0.15, -0.1) is 0 Å². The minimum Gasteiger partial charge on any atom is -0.437 e. The smallest absolute Gasteiger partial charge is 0.229 e. The number of hydrogen-bond acceptors (Lipinski definition) is 3. The molecule has 0 amide bonds. The fraction of sp³-hybridized carbons (Fsp3) is 0.208. The van der Waals surface area contributed by atoms with E-state index in [1.807, 2.05) is 24.3 Å². The van der Waals surface area contributed by atoms with Gasteiger partial charge < -0.3 is 10.2 Å². The Kier molecular flexibility index (Phi) is 3.93. The molecule has 1 aliphatic carbocycles. The average molecular weight is 354 g/mol. The number of nitrogens with zero attached hydrogens (tertiary/aromatic N) is 1. The largest absolute Gasteiger partial charge is 0.437 e. The lowest BCUT2D eigenvalue weighted by Crippen LogP contribution is -2.02. The lowest BCUT2D eigenvalue weighted by Gasteiger charge is -2.10. The molecule has 2 N–H and O–H groups in total. The molecule has 0 bridgehead atoms. The van der Waals surface area contributed by atoms with Crippen LogP contribution in [0.1, 0.15) is 30.5 Å². The number of rotatable bonds is 2. The second kappa shape index (κ2) is 6.58. The Morgan fingerprint density at radius 3 is 2.19 bits per heavy atom. The highest BCUT2D eigenvalue weighted by atomic mass is 16.3. The van der Waals surface area contributed by atoms with E-state index in [9.17, 15) is 0 Å². The van der Waals surface area contributed by atoms with Crippen LogP contribution in [0.25, 0.3) is 33.6 Å². The Morgan fingerprint density at radius 2 is 1.44 bits per heavy atom. The first-order valence-electron chi connectivity index (χ1n) is 9.67. The fourth-order valence-corrected chi connectivity index (χ4v) is 4.17. The third kappa shape index (κ3) is 2.71. The highest BCUT2D eigenvalue weighted by molar-refractivity contribution is 6.07. The number of nitrogens with two attached hydrogens (primary N) is 1. The summed E-state index contributed by atoms with van der Waals surface area (Å²) in [5, 5.41) is 0.959. The van der Waals surface area contributed by atoms with Gasteiger partial charge >= 0.3 is 0 Å². The van der Waals surface area contributed by atoms with Crippen molar-refractivity contribution < 1.29 is 4.42 Å². The third-order valence-electron chi connectivity index (χ3n) is 5.51. The highest BCUT2D eigenvalue weighted by Crippen LogP contribution is 2.44. The molecule has 0 saturated carbocycles. The van der Waals surface area contributed by atoms with Crippen molar-refractivity contribution in [3.63, 3.8) is 0 Å². The Morgan fingerprint density at radius 1 is 0.778 bits per heavy atom. The number of aryl methyl sites for hydroxylation is 1. The molecule has 0 fully saturated rings. The summed E-state index contributed by atoms with van der Waals surface area (Å²) in [5.41, 5.74) is 13.8. The van der Waals surface area contributed by atoms with Gasteiger partial charge in [0.1, 0.15) is 5.76 Å². The summed E-state index contributed by atoms with van der Waals surface area (Å²) < 4.78 is 6.34. The first-order valence-corrected chi connectivity index (χ1v) is 9.67. The zero-order valence-electron chi connectivity index (χ0n) is 15.2. The summed E-state index contributed by atoms with van der Waals surface area (Å²) in [7, 11) is 0. The van der Waals surface area contributed by atoms with Crippen LogP contribution in [-0.4, -0.2) is 4.98 Å². The van der Waals surface area contributed by atoms with Crippen molar-refractivity contribution in [2.45, 2.75) is 32.1 Å². The number of nitrogen functional groups attached to an aromatic ring is 1. The van der Waals surface area contributed by atoms with E-state index in [2.05, 4.69) is 36.4 Å². The van der Waals surface area contributed by atoms with Crippen LogP contribution in [0.15, 0.2) is 65.1 Å². The molecule has 2 aromatic carbocycles. The van der Waals surface area contributed by atoms with E-state index in [0.29, 0.717) is 5.71 Å².